The number of ether oxygens (including phenoxy) is 2. The van der Waals surface area contributed by atoms with Crippen LogP contribution in [0, 0.1) is 0 Å². The lowest BCUT2D eigenvalue weighted by atomic mass is 10.1. The summed E-state index contributed by atoms with van der Waals surface area (Å²) in [5.74, 6) is 1.43. The fraction of sp³-hybridized carbons (Fsp3) is 0.357. The molecule has 0 N–H and O–H groups in total. The van der Waals surface area contributed by atoms with Crippen LogP contribution in [0.1, 0.15) is 12.0 Å². The highest BCUT2D eigenvalue weighted by atomic mass is 35.5. The molecule has 0 aliphatic carbocycles. The van der Waals surface area contributed by atoms with E-state index >= 15 is 0 Å². The Morgan fingerprint density at radius 3 is 3.00 bits per heavy atom. The number of rotatable bonds is 3. The van der Waals surface area contributed by atoms with Gasteiger partial charge in [-0.25, -0.2) is 4.98 Å². The van der Waals surface area contributed by atoms with Gasteiger partial charge in [-0.15, -0.1) is 0 Å². The van der Waals surface area contributed by atoms with Crippen molar-refractivity contribution in [2.24, 2.45) is 0 Å². The van der Waals surface area contributed by atoms with Gasteiger partial charge in [0.1, 0.15) is 0 Å². The summed E-state index contributed by atoms with van der Waals surface area (Å²) in [4.78, 5) is 4.03. The van der Waals surface area contributed by atoms with Gasteiger partial charge in [0, 0.05) is 25.4 Å². The first-order chi connectivity index (χ1) is 9.33. The second-order valence-corrected chi connectivity index (χ2v) is 4.91. The fourth-order valence-electron chi connectivity index (χ4n) is 2.11. The molecule has 5 heteroatoms. The molecule has 3 rings (SSSR count). The molecule has 0 fully saturated rings. The third-order valence-corrected chi connectivity index (χ3v) is 3.36. The van der Waals surface area contributed by atoms with Gasteiger partial charge in [0.05, 0.1) is 24.6 Å². The largest absolute Gasteiger partial charge is 0.489 e. The molecule has 0 bridgehead atoms. The number of nitrogens with zero attached hydrogens (tertiary/aromatic N) is 2. The zero-order valence-corrected chi connectivity index (χ0v) is 11.3. The van der Waals surface area contributed by atoms with Crippen molar-refractivity contribution in [3.8, 4) is 11.5 Å². The third-order valence-electron chi connectivity index (χ3n) is 3.08. The first-order valence-corrected chi connectivity index (χ1v) is 6.74. The number of imidazole rings is 1. The monoisotopic (exact) mass is 278 g/mol. The van der Waals surface area contributed by atoms with Gasteiger partial charge in [-0.1, -0.05) is 11.6 Å². The van der Waals surface area contributed by atoms with E-state index in [2.05, 4.69) is 4.98 Å². The van der Waals surface area contributed by atoms with Gasteiger partial charge in [0.15, 0.2) is 11.5 Å². The lowest BCUT2D eigenvalue weighted by molar-refractivity contribution is 0.297. The van der Waals surface area contributed by atoms with Gasteiger partial charge in [0.2, 0.25) is 0 Å². The highest BCUT2D eigenvalue weighted by Crippen LogP contribution is 2.38. The van der Waals surface area contributed by atoms with E-state index < -0.39 is 0 Å². The van der Waals surface area contributed by atoms with Crippen LogP contribution in [0.4, 0.5) is 0 Å². The van der Waals surface area contributed by atoms with Gasteiger partial charge in [-0.05, 0) is 24.1 Å². The molecule has 0 unspecified atom stereocenters. The minimum absolute atomic E-state index is 0.625. The van der Waals surface area contributed by atoms with Gasteiger partial charge in [0.25, 0.3) is 0 Å². The Hall–Kier alpha value is -1.68. The van der Waals surface area contributed by atoms with E-state index in [0.717, 1.165) is 30.7 Å². The lowest BCUT2D eigenvalue weighted by Gasteiger charge is -2.11. The average Bonchev–Trinajstić information content (AvgIpc) is 2.81. The summed E-state index contributed by atoms with van der Waals surface area (Å²) in [6.07, 6.45) is 7.30. The molecule has 1 aromatic carbocycles. The first kappa shape index (κ1) is 12.4. The second kappa shape index (κ2) is 5.53. The lowest BCUT2D eigenvalue weighted by Crippen LogP contribution is -2.00. The Bertz CT molecular complexity index is 555. The molecule has 0 amide bonds. The van der Waals surface area contributed by atoms with Crippen molar-refractivity contribution in [2.45, 2.75) is 19.4 Å². The van der Waals surface area contributed by atoms with Crippen molar-refractivity contribution in [2.75, 3.05) is 13.2 Å². The molecule has 0 spiro atoms. The van der Waals surface area contributed by atoms with Crippen LogP contribution in [-0.4, -0.2) is 22.8 Å². The molecule has 100 valence electrons. The zero-order valence-electron chi connectivity index (χ0n) is 10.5. The minimum atomic E-state index is 0.625. The number of fused-ring (bicyclic) bond motifs is 1. The highest BCUT2D eigenvalue weighted by Gasteiger charge is 2.15. The Morgan fingerprint density at radius 2 is 2.16 bits per heavy atom. The summed E-state index contributed by atoms with van der Waals surface area (Å²) < 4.78 is 13.3. The van der Waals surface area contributed by atoms with Crippen molar-refractivity contribution in [1.29, 1.82) is 0 Å². The van der Waals surface area contributed by atoms with Crippen LogP contribution >= 0.6 is 11.6 Å². The first-order valence-electron chi connectivity index (χ1n) is 6.37. The van der Waals surface area contributed by atoms with E-state index in [4.69, 9.17) is 21.1 Å². The normalized spacial score (nSPS) is 14.2. The Labute approximate surface area is 116 Å². The summed E-state index contributed by atoms with van der Waals surface area (Å²) in [5, 5.41) is 0.625. The van der Waals surface area contributed by atoms with Crippen LogP contribution in [0.25, 0.3) is 0 Å². The predicted octanol–water partition coefficient (Wildman–Crippen LogP) is 2.94. The molecular formula is C14H15ClN2O2. The summed E-state index contributed by atoms with van der Waals surface area (Å²) in [6.45, 7) is 2.20. The number of aromatic nitrogens is 2. The molecular weight excluding hydrogens is 264 g/mol. The van der Waals surface area contributed by atoms with Gasteiger partial charge in [-0.3, -0.25) is 0 Å². The van der Waals surface area contributed by atoms with E-state index in [9.17, 15) is 0 Å². The minimum Gasteiger partial charge on any atom is -0.489 e. The molecule has 1 aliphatic heterocycles. The van der Waals surface area contributed by atoms with E-state index in [1.165, 1.54) is 0 Å². The molecule has 19 heavy (non-hydrogen) atoms. The molecule has 1 aliphatic rings. The topological polar surface area (TPSA) is 36.3 Å². The average molecular weight is 279 g/mol. The molecule has 1 aromatic heterocycles. The van der Waals surface area contributed by atoms with Crippen LogP contribution in [0.5, 0.6) is 11.5 Å². The van der Waals surface area contributed by atoms with Crippen LogP contribution in [0.3, 0.4) is 0 Å². The number of aryl methyl sites for hydroxylation is 2. The van der Waals surface area contributed by atoms with E-state index in [-0.39, 0.29) is 0 Å². The summed E-state index contributed by atoms with van der Waals surface area (Å²) >= 11 is 6.26. The second-order valence-electron chi connectivity index (χ2n) is 4.51. The molecule has 0 radical (unpaired) electrons. The highest BCUT2D eigenvalue weighted by molar-refractivity contribution is 6.32. The van der Waals surface area contributed by atoms with Crippen LogP contribution in [0.2, 0.25) is 5.02 Å². The molecule has 0 saturated heterocycles. The number of benzene rings is 1. The molecule has 0 atom stereocenters. The fourth-order valence-corrected chi connectivity index (χ4v) is 2.39. The van der Waals surface area contributed by atoms with Crippen molar-refractivity contribution in [3.63, 3.8) is 0 Å². The Balaban J connectivity index is 1.79. The van der Waals surface area contributed by atoms with Gasteiger partial charge < -0.3 is 14.0 Å². The zero-order chi connectivity index (χ0) is 13.1. The Morgan fingerprint density at radius 1 is 1.26 bits per heavy atom. The molecule has 0 saturated carbocycles. The van der Waals surface area contributed by atoms with Crippen LogP contribution < -0.4 is 9.47 Å². The maximum Gasteiger partial charge on any atom is 0.179 e. The summed E-state index contributed by atoms with van der Waals surface area (Å²) in [6, 6.07) is 3.97. The predicted molar refractivity (Wildman–Crippen MR) is 73.0 cm³/mol. The van der Waals surface area contributed by atoms with Crippen molar-refractivity contribution >= 4 is 11.6 Å². The standard InChI is InChI=1S/C14H15ClN2O2/c15-12-8-11(2-4-17-5-3-16-10-17)9-13-14(12)19-7-1-6-18-13/h3,5,8-10H,1-2,4,6-7H2. The van der Waals surface area contributed by atoms with Crippen LogP contribution in [0.15, 0.2) is 30.9 Å². The maximum absolute atomic E-state index is 6.26. The van der Waals surface area contributed by atoms with Crippen molar-refractivity contribution in [1.82, 2.24) is 9.55 Å². The number of halogens is 1. The molecule has 2 heterocycles. The summed E-state index contributed by atoms with van der Waals surface area (Å²) in [5.41, 5.74) is 1.14. The molecule has 2 aromatic rings. The number of hydrogen-bond acceptors (Lipinski definition) is 3. The SMILES string of the molecule is Clc1cc(CCn2ccnc2)cc2c1OCCCO2. The van der Waals surface area contributed by atoms with Gasteiger partial charge in [-0.2, -0.15) is 0 Å². The summed E-state index contributed by atoms with van der Waals surface area (Å²) in [7, 11) is 0. The quantitative estimate of drug-likeness (QED) is 0.866. The Kier molecular flexibility index (Phi) is 3.60. The molecule has 4 nitrogen and oxygen atoms in total. The van der Waals surface area contributed by atoms with E-state index in [1.54, 1.807) is 6.20 Å². The smallest absolute Gasteiger partial charge is 0.179 e. The van der Waals surface area contributed by atoms with E-state index in [1.807, 2.05) is 29.2 Å². The maximum atomic E-state index is 6.26. The van der Waals surface area contributed by atoms with Crippen LogP contribution in [-0.2, 0) is 13.0 Å². The van der Waals surface area contributed by atoms with E-state index in [0.29, 0.717) is 24.0 Å². The van der Waals surface area contributed by atoms with Gasteiger partial charge >= 0.3 is 0 Å². The number of hydrogen-bond donors (Lipinski definition) is 0. The van der Waals surface area contributed by atoms with Crippen molar-refractivity contribution in [3.05, 3.63) is 41.4 Å². The van der Waals surface area contributed by atoms with Crippen molar-refractivity contribution < 1.29 is 9.47 Å². The third kappa shape index (κ3) is 2.84.